The van der Waals surface area contributed by atoms with Crippen molar-refractivity contribution in [2.24, 2.45) is 0 Å². The molecule has 0 bridgehead atoms. The maximum Gasteiger partial charge on any atom is 0.328 e. The van der Waals surface area contributed by atoms with Gasteiger partial charge in [0.1, 0.15) is 5.60 Å². The normalized spacial score (nSPS) is 28.1. The second kappa shape index (κ2) is 5.43. The third-order valence-electron chi connectivity index (χ3n) is 2.77. The highest BCUT2D eigenvalue weighted by Gasteiger charge is 2.32. The highest BCUT2D eigenvalue weighted by Crippen LogP contribution is 2.21. The van der Waals surface area contributed by atoms with E-state index in [1.165, 1.54) is 6.08 Å². The minimum atomic E-state index is -1.03. The van der Waals surface area contributed by atoms with E-state index in [0.717, 1.165) is 18.5 Å². The van der Waals surface area contributed by atoms with Gasteiger partial charge in [0.2, 0.25) is 0 Å². The second-order valence-corrected chi connectivity index (χ2v) is 4.53. The minimum Gasteiger partial charge on any atom is -0.478 e. The first-order valence-corrected chi connectivity index (χ1v) is 5.41. The molecule has 0 spiro atoms. The molecule has 3 N–H and O–H groups in total. The van der Waals surface area contributed by atoms with Gasteiger partial charge in [-0.05, 0) is 26.3 Å². The van der Waals surface area contributed by atoms with Crippen molar-refractivity contribution < 1.29 is 20.1 Å². The van der Waals surface area contributed by atoms with Crippen LogP contribution in [-0.2, 0) is 4.79 Å². The number of aliphatic carboxylic acids is 1. The summed E-state index contributed by atoms with van der Waals surface area (Å²) < 4.78 is 0. The molecule has 0 aromatic carbocycles. The van der Waals surface area contributed by atoms with Gasteiger partial charge >= 0.3 is 5.97 Å². The highest BCUT2D eigenvalue weighted by molar-refractivity contribution is 5.80. The largest absolute Gasteiger partial charge is 0.478 e. The molecule has 1 atom stereocenters. The van der Waals surface area contributed by atoms with E-state index in [1.54, 1.807) is 6.92 Å². The van der Waals surface area contributed by atoms with Crippen molar-refractivity contribution in [3.63, 3.8) is 0 Å². The van der Waals surface area contributed by atoms with Crippen LogP contribution in [0.3, 0.4) is 0 Å². The van der Waals surface area contributed by atoms with Gasteiger partial charge in [0, 0.05) is 19.2 Å². The van der Waals surface area contributed by atoms with Gasteiger partial charge in [0.25, 0.3) is 0 Å². The van der Waals surface area contributed by atoms with Crippen molar-refractivity contribution in [1.82, 2.24) is 4.90 Å². The molecular formula is C11H19NO4. The van der Waals surface area contributed by atoms with E-state index in [2.05, 4.69) is 0 Å². The Morgan fingerprint density at radius 2 is 2.25 bits per heavy atom. The first-order chi connectivity index (χ1) is 7.45. The van der Waals surface area contributed by atoms with Gasteiger partial charge in [0.05, 0.1) is 6.61 Å². The number of aliphatic hydroxyl groups is 2. The number of aliphatic hydroxyl groups excluding tert-OH is 1. The molecule has 1 aliphatic rings. The molecule has 1 aliphatic heterocycles. The molecule has 5 nitrogen and oxygen atoms in total. The summed E-state index contributed by atoms with van der Waals surface area (Å²) in [5.74, 6) is -0.952. The summed E-state index contributed by atoms with van der Waals surface area (Å²) in [4.78, 5) is 12.4. The number of likely N-dealkylation sites (tertiary alicyclic amines) is 1. The minimum absolute atomic E-state index is 0.245. The number of carboxylic acids is 1. The lowest BCUT2D eigenvalue weighted by molar-refractivity contribution is -0.131. The van der Waals surface area contributed by atoms with E-state index in [9.17, 15) is 9.90 Å². The van der Waals surface area contributed by atoms with Gasteiger partial charge in [-0.1, -0.05) is 5.57 Å². The average Bonchev–Trinajstić information content (AvgIpc) is 2.16. The first-order valence-electron chi connectivity index (χ1n) is 5.41. The van der Waals surface area contributed by atoms with Crippen molar-refractivity contribution in [3.05, 3.63) is 11.6 Å². The van der Waals surface area contributed by atoms with Crippen LogP contribution in [0, 0.1) is 0 Å². The summed E-state index contributed by atoms with van der Waals surface area (Å²) in [5.41, 5.74) is -0.281. The molecule has 1 fully saturated rings. The van der Waals surface area contributed by atoms with Gasteiger partial charge in [-0.2, -0.15) is 0 Å². The van der Waals surface area contributed by atoms with Crippen LogP contribution in [0.2, 0.25) is 0 Å². The van der Waals surface area contributed by atoms with Crippen molar-refractivity contribution in [3.8, 4) is 0 Å². The molecule has 0 amide bonds. The lowest BCUT2D eigenvalue weighted by Gasteiger charge is -2.38. The topological polar surface area (TPSA) is 81.0 Å². The Kier molecular flexibility index (Phi) is 4.46. The predicted molar refractivity (Wildman–Crippen MR) is 59.1 cm³/mol. The number of hydrogen-bond acceptors (Lipinski definition) is 4. The average molecular weight is 229 g/mol. The number of carboxylic acid groups (broad SMARTS) is 1. The standard InChI is InChI=1S/C11H19NO4/c1-9(5-10(14)15)6-12-4-2-3-11(16,7-12)8-13/h5,13,16H,2-4,6-8H2,1H3,(H,14,15). The van der Waals surface area contributed by atoms with Gasteiger partial charge in [-0.25, -0.2) is 4.79 Å². The molecule has 16 heavy (non-hydrogen) atoms. The molecule has 0 aromatic heterocycles. The van der Waals surface area contributed by atoms with Crippen LogP contribution in [-0.4, -0.2) is 58.0 Å². The number of piperidine rings is 1. The first kappa shape index (κ1) is 13.2. The Hall–Kier alpha value is -0.910. The Morgan fingerprint density at radius 3 is 2.81 bits per heavy atom. The molecule has 0 aromatic rings. The van der Waals surface area contributed by atoms with Gasteiger partial charge < -0.3 is 15.3 Å². The molecule has 1 unspecified atom stereocenters. The van der Waals surface area contributed by atoms with Crippen molar-refractivity contribution in [2.75, 3.05) is 26.2 Å². The molecule has 0 radical (unpaired) electrons. The number of carbonyl (C=O) groups is 1. The molecule has 0 saturated carbocycles. The van der Waals surface area contributed by atoms with E-state index >= 15 is 0 Å². The number of rotatable bonds is 4. The molecule has 1 saturated heterocycles. The maximum atomic E-state index is 10.5. The third kappa shape index (κ3) is 3.92. The third-order valence-corrected chi connectivity index (χ3v) is 2.77. The molecule has 1 heterocycles. The van der Waals surface area contributed by atoms with Crippen LogP contribution in [0.15, 0.2) is 11.6 Å². The second-order valence-electron chi connectivity index (χ2n) is 4.53. The van der Waals surface area contributed by atoms with E-state index in [-0.39, 0.29) is 6.61 Å². The monoisotopic (exact) mass is 229 g/mol. The zero-order valence-electron chi connectivity index (χ0n) is 9.52. The van der Waals surface area contributed by atoms with Crippen molar-refractivity contribution in [2.45, 2.75) is 25.4 Å². The summed E-state index contributed by atoms with van der Waals surface area (Å²) in [5, 5.41) is 27.6. The quantitative estimate of drug-likeness (QED) is 0.583. The van der Waals surface area contributed by atoms with Gasteiger partial charge in [0.15, 0.2) is 0 Å². The summed E-state index contributed by atoms with van der Waals surface area (Å²) in [7, 11) is 0. The predicted octanol–water partition coefficient (Wildman–Crippen LogP) is -0.163. The molecular weight excluding hydrogens is 210 g/mol. The van der Waals surface area contributed by atoms with Crippen LogP contribution in [0.1, 0.15) is 19.8 Å². The van der Waals surface area contributed by atoms with E-state index in [1.807, 2.05) is 4.90 Å². The van der Waals surface area contributed by atoms with Crippen LogP contribution in [0.5, 0.6) is 0 Å². The van der Waals surface area contributed by atoms with Crippen LogP contribution in [0.4, 0.5) is 0 Å². The smallest absolute Gasteiger partial charge is 0.328 e. The van der Waals surface area contributed by atoms with Crippen LogP contribution in [0.25, 0.3) is 0 Å². The Bertz CT molecular complexity index is 290. The summed E-state index contributed by atoms with van der Waals surface area (Å²) in [6.07, 6.45) is 2.59. The molecule has 5 heteroatoms. The van der Waals surface area contributed by atoms with Crippen LogP contribution >= 0.6 is 0 Å². The van der Waals surface area contributed by atoms with Gasteiger partial charge in [-0.15, -0.1) is 0 Å². The lowest BCUT2D eigenvalue weighted by atomic mass is 9.93. The van der Waals surface area contributed by atoms with E-state index in [0.29, 0.717) is 19.5 Å². The van der Waals surface area contributed by atoms with Crippen molar-refractivity contribution >= 4 is 5.97 Å². The fraction of sp³-hybridized carbons (Fsp3) is 0.727. The maximum absolute atomic E-state index is 10.5. The number of hydrogen-bond donors (Lipinski definition) is 3. The zero-order valence-corrected chi connectivity index (χ0v) is 9.52. The summed E-state index contributed by atoms with van der Waals surface area (Å²) in [6, 6.07) is 0. The Morgan fingerprint density at radius 1 is 1.56 bits per heavy atom. The lowest BCUT2D eigenvalue weighted by Crippen LogP contribution is -2.50. The van der Waals surface area contributed by atoms with Gasteiger partial charge in [-0.3, -0.25) is 4.90 Å². The fourth-order valence-electron chi connectivity index (χ4n) is 2.08. The molecule has 0 aliphatic carbocycles. The Labute approximate surface area is 95.0 Å². The van der Waals surface area contributed by atoms with Crippen LogP contribution < -0.4 is 0 Å². The summed E-state index contributed by atoms with van der Waals surface area (Å²) >= 11 is 0. The number of β-amino-alcohol motifs (C(OH)–C–C–N with tert-alkyl or cyclic N) is 1. The SMILES string of the molecule is CC(=CC(=O)O)CN1CCCC(O)(CO)C1. The number of nitrogens with zero attached hydrogens (tertiary/aromatic N) is 1. The molecule has 1 rings (SSSR count). The zero-order chi connectivity index (χ0) is 12.2. The summed E-state index contributed by atoms with van der Waals surface area (Å²) in [6.45, 7) is 3.25. The molecule has 92 valence electrons. The van der Waals surface area contributed by atoms with Crippen molar-refractivity contribution in [1.29, 1.82) is 0 Å². The van der Waals surface area contributed by atoms with E-state index < -0.39 is 11.6 Å². The van der Waals surface area contributed by atoms with E-state index in [4.69, 9.17) is 10.2 Å². The fourth-order valence-corrected chi connectivity index (χ4v) is 2.08. The highest BCUT2D eigenvalue weighted by atomic mass is 16.4. The Balaban J connectivity index is 2.52.